The third-order valence-corrected chi connectivity index (χ3v) is 2.26. The molecule has 15 heavy (non-hydrogen) atoms. The third-order valence-electron chi connectivity index (χ3n) is 2.26. The van der Waals surface area contributed by atoms with Crippen LogP contribution in [-0.4, -0.2) is 19.7 Å². The second-order valence-electron chi connectivity index (χ2n) is 3.76. The maximum Gasteiger partial charge on any atom is 0.327 e. The lowest BCUT2D eigenvalue weighted by molar-refractivity contribution is 0.542. The van der Waals surface area contributed by atoms with Crippen molar-refractivity contribution in [2.75, 3.05) is 0 Å². The van der Waals surface area contributed by atoms with E-state index in [-0.39, 0.29) is 6.04 Å². The monoisotopic (exact) mass is 208 g/mol. The fourth-order valence-corrected chi connectivity index (χ4v) is 1.62. The van der Waals surface area contributed by atoms with E-state index in [4.69, 9.17) is 0 Å². The van der Waals surface area contributed by atoms with Crippen LogP contribution < -0.4 is 11.2 Å². The molecule has 2 N–H and O–H groups in total. The fourth-order valence-electron chi connectivity index (χ4n) is 1.62. The number of hydrogen-bond donors (Lipinski definition) is 2. The molecule has 0 saturated carbocycles. The highest BCUT2D eigenvalue weighted by atomic mass is 16.2. The number of nitrogens with zero attached hydrogens (tertiary/aromatic N) is 2. The van der Waals surface area contributed by atoms with E-state index in [2.05, 4.69) is 15.1 Å². The van der Waals surface area contributed by atoms with Crippen LogP contribution in [0.15, 0.2) is 9.59 Å². The largest absolute Gasteiger partial charge is 0.327 e. The van der Waals surface area contributed by atoms with Crippen LogP contribution in [0.25, 0.3) is 11.0 Å². The van der Waals surface area contributed by atoms with Crippen molar-refractivity contribution in [2.45, 2.75) is 26.8 Å². The minimum absolute atomic E-state index is 0.0960. The molecule has 0 aromatic carbocycles. The van der Waals surface area contributed by atoms with Gasteiger partial charge in [0.2, 0.25) is 0 Å². The van der Waals surface area contributed by atoms with E-state index in [0.717, 1.165) is 0 Å². The highest BCUT2D eigenvalue weighted by Gasteiger charge is 2.13. The average molecular weight is 208 g/mol. The van der Waals surface area contributed by atoms with Crippen LogP contribution in [0.5, 0.6) is 0 Å². The maximum atomic E-state index is 11.5. The van der Waals surface area contributed by atoms with Gasteiger partial charge in [-0.25, -0.2) is 9.48 Å². The summed E-state index contributed by atoms with van der Waals surface area (Å²) < 4.78 is 1.64. The van der Waals surface area contributed by atoms with E-state index in [1.165, 1.54) is 0 Å². The highest BCUT2D eigenvalue weighted by molar-refractivity contribution is 5.76. The van der Waals surface area contributed by atoms with Crippen LogP contribution in [0.2, 0.25) is 0 Å². The molecule has 0 amide bonds. The summed E-state index contributed by atoms with van der Waals surface area (Å²) in [6.07, 6.45) is 0. The van der Waals surface area contributed by atoms with Gasteiger partial charge in [0.15, 0.2) is 0 Å². The quantitative estimate of drug-likeness (QED) is 0.707. The van der Waals surface area contributed by atoms with E-state index in [1.807, 2.05) is 13.8 Å². The summed E-state index contributed by atoms with van der Waals surface area (Å²) in [5, 5.41) is 4.67. The second kappa shape index (κ2) is 3.08. The van der Waals surface area contributed by atoms with Crippen LogP contribution in [0.1, 0.15) is 25.6 Å². The molecule has 0 aliphatic rings. The Balaban J connectivity index is 3.00. The van der Waals surface area contributed by atoms with Crippen molar-refractivity contribution in [2.24, 2.45) is 0 Å². The number of rotatable bonds is 1. The summed E-state index contributed by atoms with van der Waals surface area (Å²) in [5.41, 5.74) is 0.208. The molecular weight excluding hydrogens is 196 g/mol. The Morgan fingerprint density at radius 3 is 2.53 bits per heavy atom. The van der Waals surface area contributed by atoms with Crippen molar-refractivity contribution in [3.05, 3.63) is 26.5 Å². The number of H-pyrrole nitrogens is 2. The van der Waals surface area contributed by atoms with Crippen LogP contribution in [0.4, 0.5) is 0 Å². The zero-order chi connectivity index (χ0) is 11.2. The number of aromatic nitrogens is 4. The maximum absolute atomic E-state index is 11.5. The molecule has 6 nitrogen and oxygen atoms in total. The molecule has 0 saturated heterocycles. The first-order chi connectivity index (χ1) is 7.00. The molecule has 0 aliphatic carbocycles. The van der Waals surface area contributed by atoms with E-state index < -0.39 is 11.2 Å². The average Bonchev–Trinajstić information content (AvgIpc) is 2.42. The summed E-state index contributed by atoms with van der Waals surface area (Å²) >= 11 is 0. The van der Waals surface area contributed by atoms with E-state index >= 15 is 0 Å². The van der Waals surface area contributed by atoms with Crippen LogP contribution >= 0.6 is 0 Å². The normalized spacial score (nSPS) is 11.5. The van der Waals surface area contributed by atoms with Crippen molar-refractivity contribution in [1.82, 2.24) is 19.7 Å². The number of fused-ring (bicyclic) bond motifs is 1. The predicted molar refractivity (Wildman–Crippen MR) is 56.1 cm³/mol. The van der Waals surface area contributed by atoms with Gasteiger partial charge in [0.25, 0.3) is 5.56 Å². The van der Waals surface area contributed by atoms with Crippen molar-refractivity contribution in [1.29, 1.82) is 0 Å². The van der Waals surface area contributed by atoms with Crippen LogP contribution in [-0.2, 0) is 0 Å². The summed E-state index contributed by atoms with van der Waals surface area (Å²) in [6, 6.07) is 0.0960. The molecule has 0 aliphatic heterocycles. The lowest BCUT2D eigenvalue weighted by Crippen LogP contribution is -2.22. The van der Waals surface area contributed by atoms with Gasteiger partial charge >= 0.3 is 5.69 Å². The van der Waals surface area contributed by atoms with Crippen molar-refractivity contribution in [3.8, 4) is 0 Å². The van der Waals surface area contributed by atoms with E-state index in [9.17, 15) is 9.59 Å². The summed E-state index contributed by atoms with van der Waals surface area (Å²) in [5.74, 6) is 0. The van der Waals surface area contributed by atoms with Gasteiger partial charge < -0.3 is 0 Å². The fraction of sp³-hybridized carbons (Fsp3) is 0.444. The predicted octanol–water partition coefficient (Wildman–Crippen LogP) is 0.302. The molecule has 2 aromatic rings. The van der Waals surface area contributed by atoms with Crippen molar-refractivity contribution >= 4 is 11.0 Å². The Hall–Kier alpha value is -1.85. The minimum Gasteiger partial charge on any atom is -0.292 e. The van der Waals surface area contributed by atoms with Crippen molar-refractivity contribution in [3.63, 3.8) is 0 Å². The summed E-state index contributed by atoms with van der Waals surface area (Å²) in [4.78, 5) is 27.4. The molecule has 2 heterocycles. The minimum atomic E-state index is -0.505. The summed E-state index contributed by atoms with van der Waals surface area (Å²) in [7, 11) is 0. The Kier molecular flexibility index (Phi) is 1.99. The number of nitrogens with one attached hydrogen (secondary N) is 2. The van der Waals surface area contributed by atoms with Crippen LogP contribution in [0.3, 0.4) is 0 Å². The number of aryl methyl sites for hydroxylation is 1. The van der Waals surface area contributed by atoms with Gasteiger partial charge in [-0.3, -0.25) is 14.8 Å². The Bertz CT molecular complexity index is 617. The molecule has 2 rings (SSSR count). The van der Waals surface area contributed by atoms with Crippen LogP contribution in [0, 0.1) is 6.92 Å². The van der Waals surface area contributed by atoms with Gasteiger partial charge in [-0.2, -0.15) is 5.10 Å². The van der Waals surface area contributed by atoms with Gasteiger partial charge in [0.1, 0.15) is 11.0 Å². The molecule has 80 valence electrons. The third kappa shape index (κ3) is 1.38. The molecule has 0 radical (unpaired) electrons. The standard InChI is InChI=1S/C9H12N4O2/c1-4(2)13-7-6(5(3)12-13)8(14)11-9(15)10-7/h4H,1-3H3,(H2,10,11,14,15). The SMILES string of the molecule is Cc1nn(C(C)C)c2[nH]c(=O)[nH]c(=O)c12. The zero-order valence-corrected chi connectivity index (χ0v) is 8.79. The smallest absolute Gasteiger partial charge is 0.292 e. The molecule has 0 fully saturated rings. The van der Waals surface area contributed by atoms with Gasteiger partial charge in [0, 0.05) is 6.04 Å². The highest BCUT2D eigenvalue weighted by Crippen LogP contribution is 2.14. The van der Waals surface area contributed by atoms with Gasteiger partial charge in [-0.15, -0.1) is 0 Å². The van der Waals surface area contributed by atoms with E-state index in [0.29, 0.717) is 16.7 Å². The lowest BCUT2D eigenvalue weighted by atomic mass is 10.3. The number of aromatic amines is 2. The first-order valence-corrected chi connectivity index (χ1v) is 4.72. The molecule has 0 atom stereocenters. The Morgan fingerprint density at radius 1 is 1.27 bits per heavy atom. The molecule has 0 bridgehead atoms. The van der Waals surface area contributed by atoms with Gasteiger partial charge in [-0.05, 0) is 20.8 Å². The second-order valence-corrected chi connectivity index (χ2v) is 3.76. The first kappa shape index (κ1) is 9.70. The molecule has 0 unspecified atom stereocenters. The topological polar surface area (TPSA) is 83.5 Å². The van der Waals surface area contributed by atoms with Gasteiger partial charge in [-0.1, -0.05) is 0 Å². The van der Waals surface area contributed by atoms with Crippen molar-refractivity contribution < 1.29 is 0 Å². The molecule has 2 aromatic heterocycles. The first-order valence-electron chi connectivity index (χ1n) is 4.72. The zero-order valence-electron chi connectivity index (χ0n) is 8.79. The van der Waals surface area contributed by atoms with Gasteiger partial charge in [0.05, 0.1) is 5.69 Å². The Labute approximate surface area is 84.9 Å². The lowest BCUT2D eigenvalue weighted by Gasteiger charge is -2.05. The Morgan fingerprint density at radius 2 is 1.93 bits per heavy atom. The summed E-state index contributed by atoms with van der Waals surface area (Å²) in [6.45, 7) is 5.62. The number of hydrogen-bond acceptors (Lipinski definition) is 3. The molecule has 0 spiro atoms. The molecule has 6 heteroatoms. The molecular formula is C9H12N4O2. The van der Waals surface area contributed by atoms with E-state index in [1.54, 1.807) is 11.6 Å².